The molecule has 0 radical (unpaired) electrons. The Kier molecular flexibility index (Phi) is 11.4. The van der Waals surface area contributed by atoms with E-state index in [0.29, 0.717) is 0 Å². The highest BCUT2D eigenvalue weighted by atomic mass is 31.1. The second-order valence-electron chi connectivity index (χ2n) is 3.44. The highest BCUT2D eigenvalue weighted by Gasteiger charge is 2.04. The predicted molar refractivity (Wildman–Crippen MR) is 83.9 cm³/mol. The smallest absolute Gasteiger partial charge is 0.0239 e. The quantitative estimate of drug-likeness (QED) is 0.513. The Bertz CT molecular complexity index is 263. The summed E-state index contributed by atoms with van der Waals surface area (Å²) < 4.78 is 0. The first kappa shape index (κ1) is 16.4. The van der Waals surface area contributed by atoms with Crippen LogP contribution in [0.4, 0.5) is 0 Å². The molecule has 0 saturated heterocycles. The van der Waals surface area contributed by atoms with E-state index >= 15 is 0 Å². The van der Waals surface area contributed by atoms with Crippen molar-refractivity contribution in [2.75, 3.05) is 0 Å². The third kappa shape index (κ3) is 7.34. The zero-order valence-electron chi connectivity index (χ0n) is 11.8. The molecule has 0 aromatic carbocycles. The Morgan fingerprint density at radius 3 is 1.47 bits per heavy atom. The standard InChI is InChI=1S/C12H15P.2C2H6/c1-3-7-11(8-4-1)13-12-9-5-2-6-10-12;2*1-2/h1-3,5,7,9,13H,4,6,8,10H2;2*1-2H3. The summed E-state index contributed by atoms with van der Waals surface area (Å²) in [6.45, 7) is 8.00. The minimum atomic E-state index is 0.950. The summed E-state index contributed by atoms with van der Waals surface area (Å²) >= 11 is 0. The van der Waals surface area contributed by atoms with E-state index in [1.165, 1.54) is 25.7 Å². The highest BCUT2D eigenvalue weighted by Crippen LogP contribution is 2.40. The van der Waals surface area contributed by atoms with Gasteiger partial charge in [-0.05, 0) is 36.3 Å². The van der Waals surface area contributed by atoms with Gasteiger partial charge in [0.15, 0.2) is 0 Å². The van der Waals surface area contributed by atoms with Crippen LogP contribution in [-0.4, -0.2) is 0 Å². The van der Waals surface area contributed by atoms with Crippen molar-refractivity contribution in [3.63, 3.8) is 0 Å². The first-order chi connectivity index (χ1) is 8.45. The van der Waals surface area contributed by atoms with Gasteiger partial charge in [0.05, 0.1) is 0 Å². The summed E-state index contributed by atoms with van der Waals surface area (Å²) in [6.07, 6.45) is 18.5. The van der Waals surface area contributed by atoms with E-state index in [4.69, 9.17) is 0 Å². The minimum absolute atomic E-state index is 0.950. The van der Waals surface area contributed by atoms with Gasteiger partial charge in [-0.1, -0.05) is 72.7 Å². The van der Waals surface area contributed by atoms with Crippen LogP contribution in [0.1, 0.15) is 53.4 Å². The van der Waals surface area contributed by atoms with E-state index in [2.05, 4.69) is 36.5 Å². The molecule has 0 fully saturated rings. The SMILES string of the molecule is C1=CCCC(PC2=CC=CCC2)=C1.CC.CC. The number of rotatable bonds is 2. The molecule has 0 heterocycles. The van der Waals surface area contributed by atoms with E-state index in [-0.39, 0.29) is 0 Å². The fourth-order valence-corrected chi connectivity index (χ4v) is 2.93. The zero-order valence-corrected chi connectivity index (χ0v) is 12.8. The Morgan fingerprint density at radius 1 is 0.765 bits per heavy atom. The maximum atomic E-state index is 2.29. The van der Waals surface area contributed by atoms with Crippen molar-refractivity contribution in [1.29, 1.82) is 0 Å². The number of hydrogen-bond acceptors (Lipinski definition) is 0. The van der Waals surface area contributed by atoms with E-state index in [9.17, 15) is 0 Å². The molecule has 0 saturated carbocycles. The Morgan fingerprint density at radius 2 is 1.18 bits per heavy atom. The van der Waals surface area contributed by atoms with Crippen LogP contribution in [-0.2, 0) is 0 Å². The summed E-state index contributed by atoms with van der Waals surface area (Å²) in [5.74, 6) is 0. The van der Waals surface area contributed by atoms with Crippen LogP contribution in [0.5, 0.6) is 0 Å². The van der Waals surface area contributed by atoms with Gasteiger partial charge >= 0.3 is 0 Å². The number of hydrogen-bond donors (Lipinski definition) is 0. The number of allylic oxidation sites excluding steroid dienone is 8. The fraction of sp³-hybridized carbons (Fsp3) is 0.500. The van der Waals surface area contributed by atoms with Crippen LogP contribution < -0.4 is 0 Å². The predicted octanol–water partition coefficient (Wildman–Crippen LogP) is 6.19. The van der Waals surface area contributed by atoms with Crippen molar-refractivity contribution in [1.82, 2.24) is 0 Å². The molecule has 1 heteroatoms. The third-order valence-electron chi connectivity index (χ3n) is 2.35. The van der Waals surface area contributed by atoms with Gasteiger partial charge in [0.2, 0.25) is 0 Å². The molecule has 0 amide bonds. The van der Waals surface area contributed by atoms with E-state index in [1.807, 2.05) is 27.7 Å². The summed E-state index contributed by atoms with van der Waals surface area (Å²) in [5.41, 5.74) is 0. The minimum Gasteiger partial charge on any atom is -0.0842 e. The van der Waals surface area contributed by atoms with Crippen molar-refractivity contribution in [2.24, 2.45) is 0 Å². The maximum Gasteiger partial charge on any atom is -0.0239 e. The Hall–Kier alpha value is -0.610. The Labute approximate surface area is 109 Å². The normalized spacial score (nSPS) is 16.9. The molecule has 0 spiro atoms. The van der Waals surface area contributed by atoms with Crippen LogP contribution in [0.2, 0.25) is 0 Å². The molecule has 2 aliphatic carbocycles. The fourth-order valence-electron chi connectivity index (χ4n) is 1.62. The maximum absolute atomic E-state index is 2.29. The molecular weight excluding hydrogens is 223 g/mol. The van der Waals surface area contributed by atoms with Crippen molar-refractivity contribution in [3.8, 4) is 0 Å². The highest BCUT2D eigenvalue weighted by molar-refractivity contribution is 7.47. The van der Waals surface area contributed by atoms with Crippen molar-refractivity contribution in [2.45, 2.75) is 53.4 Å². The lowest BCUT2D eigenvalue weighted by Crippen LogP contribution is -1.84. The molecule has 0 atom stereocenters. The lowest BCUT2D eigenvalue weighted by molar-refractivity contribution is 1.00. The summed E-state index contributed by atoms with van der Waals surface area (Å²) in [4.78, 5) is 0. The van der Waals surface area contributed by atoms with Gasteiger partial charge in [-0.25, -0.2) is 0 Å². The van der Waals surface area contributed by atoms with Crippen LogP contribution >= 0.6 is 8.58 Å². The summed E-state index contributed by atoms with van der Waals surface area (Å²) in [7, 11) is 0.950. The Balaban J connectivity index is 0.000000581. The molecule has 0 nitrogen and oxygen atoms in total. The largest absolute Gasteiger partial charge is 0.0842 e. The van der Waals surface area contributed by atoms with Crippen LogP contribution in [0.25, 0.3) is 0 Å². The molecule has 96 valence electrons. The van der Waals surface area contributed by atoms with Crippen LogP contribution in [0, 0.1) is 0 Å². The van der Waals surface area contributed by atoms with Crippen molar-refractivity contribution >= 4 is 8.58 Å². The zero-order chi connectivity index (χ0) is 12.9. The molecule has 0 aromatic rings. The van der Waals surface area contributed by atoms with E-state index in [0.717, 1.165) is 8.58 Å². The molecule has 0 aromatic heterocycles. The second kappa shape index (κ2) is 11.9. The first-order valence-electron chi connectivity index (χ1n) is 6.93. The molecule has 2 rings (SSSR count). The lowest BCUT2D eigenvalue weighted by atomic mass is 10.2. The van der Waals surface area contributed by atoms with Crippen LogP contribution in [0.15, 0.2) is 47.1 Å². The molecule has 2 aliphatic rings. The topological polar surface area (TPSA) is 0 Å². The molecule has 0 bridgehead atoms. The molecule has 0 unspecified atom stereocenters. The van der Waals surface area contributed by atoms with Gasteiger partial charge in [0, 0.05) is 0 Å². The van der Waals surface area contributed by atoms with E-state index < -0.39 is 0 Å². The van der Waals surface area contributed by atoms with E-state index in [1.54, 1.807) is 10.6 Å². The van der Waals surface area contributed by atoms with Crippen molar-refractivity contribution in [3.05, 3.63) is 47.1 Å². The van der Waals surface area contributed by atoms with Gasteiger partial charge in [-0.3, -0.25) is 0 Å². The molecule has 0 aliphatic heterocycles. The van der Waals surface area contributed by atoms with Gasteiger partial charge in [-0.15, -0.1) is 0 Å². The summed E-state index contributed by atoms with van der Waals surface area (Å²) in [5, 5.41) is 3.26. The van der Waals surface area contributed by atoms with Crippen molar-refractivity contribution < 1.29 is 0 Å². The molecule has 17 heavy (non-hydrogen) atoms. The lowest BCUT2D eigenvalue weighted by Gasteiger charge is -2.13. The molecule has 0 N–H and O–H groups in total. The van der Waals surface area contributed by atoms with Gasteiger partial charge in [0.1, 0.15) is 0 Å². The third-order valence-corrected chi connectivity index (χ3v) is 3.82. The van der Waals surface area contributed by atoms with Crippen LogP contribution in [0.3, 0.4) is 0 Å². The van der Waals surface area contributed by atoms with Gasteiger partial charge in [0.25, 0.3) is 0 Å². The van der Waals surface area contributed by atoms with Gasteiger partial charge in [-0.2, -0.15) is 0 Å². The summed E-state index contributed by atoms with van der Waals surface area (Å²) in [6, 6.07) is 0. The average Bonchev–Trinajstić information content (AvgIpc) is 2.45. The second-order valence-corrected chi connectivity index (χ2v) is 4.98. The first-order valence-corrected chi connectivity index (χ1v) is 7.93. The van der Waals surface area contributed by atoms with Gasteiger partial charge < -0.3 is 0 Å². The monoisotopic (exact) mass is 250 g/mol. The molecular formula is C16H27P. The average molecular weight is 250 g/mol.